The zero-order chi connectivity index (χ0) is 17.9. The highest BCUT2D eigenvalue weighted by atomic mass is 35.5. The molecule has 1 amide bonds. The van der Waals surface area contributed by atoms with Crippen molar-refractivity contribution in [1.29, 1.82) is 0 Å². The quantitative estimate of drug-likeness (QED) is 0.704. The van der Waals surface area contributed by atoms with Crippen LogP contribution in [-0.2, 0) is 4.79 Å². The maximum Gasteiger partial charge on any atom is 0.260 e. The van der Waals surface area contributed by atoms with Crippen LogP contribution in [0.2, 0.25) is 5.02 Å². The number of hydrogen-bond acceptors (Lipinski definition) is 5. The van der Waals surface area contributed by atoms with Gasteiger partial charge < -0.3 is 9.64 Å². The van der Waals surface area contributed by atoms with Crippen molar-refractivity contribution < 1.29 is 9.53 Å². The third-order valence-corrected chi connectivity index (χ3v) is 4.85. The minimum atomic E-state index is -0.0338. The van der Waals surface area contributed by atoms with E-state index in [-0.39, 0.29) is 12.5 Å². The number of likely N-dealkylation sites (tertiary alicyclic amines) is 1. The van der Waals surface area contributed by atoms with Crippen molar-refractivity contribution in [2.45, 2.75) is 18.8 Å². The second kappa shape index (κ2) is 7.29. The fraction of sp³-hybridized carbons (Fsp3) is 0.333. The summed E-state index contributed by atoms with van der Waals surface area (Å²) in [4.78, 5) is 14.4. The molecule has 1 saturated heterocycles. The lowest BCUT2D eigenvalue weighted by Crippen LogP contribution is -2.41. The van der Waals surface area contributed by atoms with Crippen LogP contribution in [0.15, 0.2) is 42.7 Å². The first kappa shape index (κ1) is 16.8. The predicted octanol–water partition coefficient (Wildman–Crippen LogP) is 2.56. The van der Waals surface area contributed by atoms with Crippen molar-refractivity contribution in [1.82, 2.24) is 24.7 Å². The largest absolute Gasteiger partial charge is 0.467 e. The Morgan fingerprint density at radius 2 is 2.08 bits per heavy atom. The number of carbonyl (C=O) groups excluding carboxylic acids is 1. The maximum absolute atomic E-state index is 12.5. The summed E-state index contributed by atoms with van der Waals surface area (Å²) in [6.07, 6.45) is 3.54. The van der Waals surface area contributed by atoms with E-state index in [2.05, 4.69) is 15.3 Å². The fourth-order valence-corrected chi connectivity index (χ4v) is 3.35. The first-order valence-corrected chi connectivity index (χ1v) is 8.90. The van der Waals surface area contributed by atoms with Crippen molar-refractivity contribution >= 4 is 23.2 Å². The van der Waals surface area contributed by atoms with E-state index in [9.17, 15) is 4.79 Å². The van der Waals surface area contributed by atoms with Gasteiger partial charge in [-0.15, -0.1) is 15.3 Å². The molecule has 0 saturated carbocycles. The average Bonchev–Trinajstić information content (AvgIpc) is 3.14. The molecular weight excluding hydrogens is 354 g/mol. The molecule has 0 radical (unpaired) electrons. The molecular formula is C18H18ClN5O2. The molecule has 0 aliphatic carbocycles. The number of hydrogen-bond donors (Lipinski definition) is 0. The molecule has 2 aromatic heterocycles. The maximum atomic E-state index is 12.5. The number of nitrogens with zero attached hydrogens (tertiary/aromatic N) is 5. The minimum Gasteiger partial charge on any atom is -0.467 e. The summed E-state index contributed by atoms with van der Waals surface area (Å²) in [5.74, 6) is 0.669. The van der Waals surface area contributed by atoms with Crippen LogP contribution in [-0.4, -0.2) is 50.3 Å². The van der Waals surface area contributed by atoms with Crippen LogP contribution in [0.5, 0.6) is 5.88 Å². The second-order valence-electron chi connectivity index (χ2n) is 6.32. The summed E-state index contributed by atoms with van der Waals surface area (Å²) >= 11 is 5.96. The van der Waals surface area contributed by atoms with Crippen LogP contribution in [0.25, 0.3) is 5.65 Å². The Balaban J connectivity index is 1.37. The molecule has 0 spiro atoms. The molecule has 1 aliphatic rings. The van der Waals surface area contributed by atoms with E-state index in [1.807, 2.05) is 29.2 Å². The summed E-state index contributed by atoms with van der Waals surface area (Å²) < 4.78 is 7.07. The van der Waals surface area contributed by atoms with Gasteiger partial charge in [-0.3, -0.25) is 4.79 Å². The molecule has 1 aliphatic heterocycles. The Hall–Kier alpha value is -2.67. The predicted molar refractivity (Wildman–Crippen MR) is 96.3 cm³/mol. The van der Waals surface area contributed by atoms with E-state index in [4.69, 9.17) is 16.3 Å². The molecule has 1 unspecified atom stereocenters. The zero-order valence-corrected chi connectivity index (χ0v) is 14.8. The third kappa shape index (κ3) is 3.62. The molecule has 0 bridgehead atoms. The van der Waals surface area contributed by atoms with Crippen LogP contribution in [0, 0.1) is 0 Å². The van der Waals surface area contributed by atoms with Gasteiger partial charge in [0.25, 0.3) is 5.91 Å². The van der Waals surface area contributed by atoms with Gasteiger partial charge in [0.05, 0.1) is 0 Å². The Kier molecular flexibility index (Phi) is 4.71. The number of rotatable bonds is 4. The molecule has 26 heavy (non-hydrogen) atoms. The normalized spacial score (nSPS) is 17.4. The van der Waals surface area contributed by atoms with E-state index in [1.165, 1.54) is 16.4 Å². The van der Waals surface area contributed by atoms with Gasteiger partial charge in [-0.25, -0.2) is 0 Å². The second-order valence-corrected chi connectivity index (χ2v) is 6.76. The van der Waals surface area contributed by atoms with Gasteiger partial charge in [0, 0.05) is 30.1 Å². The van der Waals surface area contributed by atoms with Crippen molar-refractivity contribution in [2.75, 3.05) is 19.7 Å². The van der Waals surface area contributed by atoms with E-state index < -0.39 is 0 Å². The summed E-state index contributed by atoms with van der Waals surface area (Å²) in [6.45, 7) is 1.42. The number of benzene rings is 1. The van der Waals surface area contributed by atoms with Gasteiger partial charge in [0.15, 0.2) is 12.3 Å². The van der Waals surface area contributed by atoms with Crippen molar-refractivity contribution in [3.63, 3.8) is 0 Å². The number of amides is 1. The smallest absolute Gasteiger partial charge is 0.260 e. The van der Waals surface area contributed by atoms with E-state index in [1.54, 1.807) is 12.1 Å². The first-order valence-electron chi connectivity index (χ1n) is 8.52. The lowest BCUT2D eigenvalue weighted by Gasteiger charge is -2.33. The molecule has 1 atom stereocenters. The molecule has 8 heteroatoms. The lowest BCUT2D eigenvalue weighted by atomic mass is 9.90. The molecule has 4 rings (SSSR count). The number of aromatic nitrogens is 4. The highest BCUT2D eigenvalue weighted by Crippen LogP contribution is 2.27. The van der Waals surface area contributed by atoms with Gasteiger partial charge >= 0.3 is 0 Å². The molecule has 134 valence electrons. The van der Waals surface area contributed by atoms with E-state index >= 15 is 0 Å². The molecule has 3 heterocycles. The standard InChI is InChI=1S/C18H18ClN5O2/c19-15-5-3-13(4-6-15)14-2-1-9-23(10-14)18(25)11-26-17-8-7-16-21-20-12-24(16)22-17/h3-8,12,14H,1-2,9-11H2. The number of fused-ring (bicyclic) bond motifs is 1. The molecule has 3 aromatic rings. The van der Waals surface area contributed by atoms with Crippen molar-refractivity contribution in [3.05, 3.63) is 53.3 Å². The highest BCUT2D eigenvalue weighted by Gasteiger charge is 2.25. The number of halogens is 1. The van der Waals surface area contributed by atoms with Crippen molar-refractivity contribution in [3.8, 4) is 5.88 Å². The van der Waals surface area contributed by atoms with Gasteiger partial charge in [-0.2, -0.15) is 4.52 Å². The monoisotopic (exact) mass is 371 g/mol. The van der Waals surface area contributed by atoms with Crippen molar-refractivity contribution in [2.24, 2.45) is 0 Å². The lowest BCUT2D eigenvalue weighted by molar-refractivity contribution is -0.134. The van der Waals surface area contributed by atoms with Gasteiger partial charge in [0.1, 0.15) is 6.33 Å². The Morgan fingerprint density at radius 3 is 2.92 bits per heavy atom. The van der Waals surface area contributed by atoms with Crippen LogP contribution < -0.4 is 4.74 Å². The molecule has 0 N–H and O–H groups in total. The van der Waals surface area contributed by atoms with Gasteiger partial charge in [0.2, 0.25) is 5.88 Å². The third-order valence-electron chi connectivity index (χ3n) is 4.60. The average molecular weight is 372 g/mol. The summed E-state index contributed by atoms with van der Waals surface area (Å²) in [6, 6.07) is 11.3. The first-order chi connectivity index (χ1) is 12.7. The number of carbonyl (C=O) groups is 1. The minimum absolute atomic E-state index is 0.0330. The Labute approximate surface area is 155 Å². The molecule has 7 nitrogen and oxygen atoms in total. The van der Waals surface area contributed by atoms with Gasteiger partial charge in [-0.1, -0.05) is 23.7 Å². The van der Waals surface area contributed by atoms with Crippen LogP contribution in [0.1, 0.15) is 24.3 Å². The fourth-order valence-electron chi connectivity index (χ4n) is 3.23. The SMILES string of the molecule is O=C(COc1ccc2nncn2n1)N1CCCC(c2ccc(Cl)cc2)C1. The highest BCUT2D eigenvalue weighted by molar-refractivity contribution is 6.30. The zero-order valence-electron chi connectivity index (χ0n) is 14.1. The van der Waals surface area contributed by atoms with Crippen LogP contribution in [0.3, 0.4) is 0 Å². The summed E-state index contributed by atoms with van der Waals surface area (Å²) in [5.41, 5.74) is 1.85. The Morgan fingerprint density at radius 1 is 1.23 bits per heavy atom. The Bertz CT molecular complexity index is 911. The number of piperidine rings is 1. The van der Waals surface area contributed by atoms with Crippen LogP contribution in [0.4, 0.5) is 0 Å². The molecule has 1 aromatic carbocycles. The van der Waals surface area contributed by atoms with Crippen LogP contribution >= 0.6 is 11.6 Å². The summed E-state index contributed by atoms with van der Waals surface area (Å²) in [7, 11) is 0. The summed E-state index contributed by atoms with van der Waals surface area (Å²) in [5, 5.41) is 12.6. The van der Waals surface area contributed by atoms with Gasteiger partial charge in [-0.05, 0) is 36.6 Å². The topological polar surface area (TPSA) is 72.6 Å². The number of ether oxygens (including phenoxy) is 1. The van der Waals surface area contributed by atoms with E-state index in [0.717, 1.165) is 24.4 Å². The van der Waals surface area contributed by atoms with E-state index in [0.29, 0.717) is 24.0 Å². The molecule has 1 fully saturated rings.